The van der Waals surface area contributed by atoms with Gasteiger partial charge in [-0.2, -0.15) is 8.42 Å². The van der Waals surface area contributed by atoms with Crippen molar-refractivity contribution in [3.05, 3.63) is 66.2 Å². The first kappa shape index (κ1) is 26.0. The van der Waals surface area contributed by atoms with E-state index in [-0.39, 0.29) is 19.0 Å². The predicted molar refractivity (Wildman–Crippen MR) is 139 cm³/mol. The van der Waals surface area contributed by atoms with Crippen molar-refractivity contribution in [1.29, 1.82) is 0 Å². The molecule has 7 nitrogen and oxygen atoms in total. The van der Waals surface area contributed by atoms with E-state index >= 15 is 0 Å². The maximum absolute atomic E-state index is 13.4. The molecule has 0 amide bonds. The van der Waals surface area contributed by atoms with Crippen LogP contribution in [0, 0.1) is 5.92 Å². The summed E-state index contributed by atoms with van der Waals surface area (Å²) >= 11 is 0. The van der Waals surface area contributed by atoms with Gasteiger partial charge >= 0.3 is 10.2 Å². The molecule has 2 aromatic carbocycles. The lowest BCUT2D eigenvalue weighted by Crippen LogP contribution is -2.37. The molecule has 186 valence electrons. The Morgan fingerprint density at radius 3 is 2.38 bits per heavy atom. The van der Waals surface area contributed by atoms with Gasteiger partial charge in [-0.1, -0.05) is 63.8 Å². The molecule has 2 aromatic rings. The number of aliphatic hydroxyl groups excluding tert-OH is 1. The zero-order valence-corrected chi connectivity index (χ0v) is 22.5. The van der Waals surface area contributed by atoms with Crippen molar-refractivity contribution in [2.75, 3.05) is 17.5 Å². The molecule has 0 fully saturated rings. The molecule has 0 bridgehead atoms. The van der Waals surface area contributed by atoms with Crippen LogP contribution in [0.5, 0.6) is 11.5 Å². The molecule has 9 heteroatoms. The Morgan fingerprint density at radius 1 is 1.03 bits per heavy atom. The molecule has 0 spiro atoms. The van der Waals surface area contributed by atoms with E-state index in [0.29, 0.717) is 29.7 Å². The van der Waals surface area contributed by atoms with Gasteiger partial charge in [0.25, 0.3) is 0 Å². The van der Waals surface area contributed by atoms with E-state index in [9.17, 15) is 13.5 Å². The van der Waals surface area contributed by atoms with Crippen LogP contribution < -0.4 is 13.8 Å². The fraction of sp³-hybridized carbons (Fsp3) is 0.440. The number of hydrogen-bond donors (Lipinski definition) is 1. The van der Waals surface area contributed by atoms with Crippen LogP contribution in [-0.4, -0.2) is 39.1 Å². The maximum Gasteiger partial charge on any atom is 0.332 e. The molecular formula is C25H36N2O5SSi. The standard InChI is InChI=1S/C25H36N2O5SSi/c1-20(2)13-15-31-22-11-12-24(32-19-21-9-7-6-8-10-21)23(17-22)27-18-25(28)26(33(27,29)30)14-16-34(3,4)5/h6-12,17-18,20,28H,13-16,19H2,1-5H3. The summed E-state index contributed by atoms with van der Waals surface area (Å²) in [6, 6.07) is 15.5. The van der Waals surface area contributed by atoms with Crippen LogP contribution in [0.1, 0.15) is 25.8 Å². The lowest BCUT2D eigenvalue weighted by Gasteiger charge is -2.25. The molecule has 0 aliphatic carbocycles. The van der Waals surface area contributed by atoms with Crippen LogP contribution in [0.15, 0.2) is 60.6 Å². The molecule has 1 N–H and O–H groups in total. The number of hydrogen-bond acceptors (Lipinski definition) is 5. The number of anilines is 1. The summed E-state index contributed by atoms with van der Waals surface area (Å²) in [7, 11) is -5.52. The summed E-state index contributed by atoms with van der Waals surface area (Å²) in [4.78, 5) is 0. The summed E-state index contributed by atoms with van der Waals surface area (Å²) in [5.41, 5.74) is 1.27. The van der Waals surface area contributed by atoms with Crippen LogP contribution in [0.2, 0.25) is 25.7 Å². The smallest absolute Gasteiger partial charge is 0.332 e. The zero-order chi connectivity index (χ0) is 24.9. The van der Waals surface area contributed by atoms with Crippen molar-refractivity contribution >= 4 is 24.0 Å². The van der Waals surface area contributed by atoms with Gasteiger partial charge in [0.15, 0.2) is 0 Å². The molecule has 0 aromatic heterocycles. The topological polar surface area (TPSA) is 79.3 Å². The molecule has 34 heavy (non-hydrogen) atoms. The van der Waals surface area contributed by atoms with Crippen LogP contribution in [0.3, 0.4) is 0 Å². The minimum atomic E-state index is -4.00. The first-order valence-corrected chi connectivity index (χ1v) is 16.7. The van der Waals surface area contributed by atoms with Gasteiger partial charge in [0.2, 0.25) is 5.88 Å². The van der Waals surface area contributed by atoms with Crippen molar-refractivity contribution in [2.24, 2.45) is 5.92 Å². The molecule has 0 saturated carbocycles. The highest BCUT2D eigenvalue weighted by atomic mass is 32.2. The Bertz CT molecular complexity index is 1100. The molecule has 1 aliphatic heterocycles. The van der Waals surface area contributed by atoms with Gasteiger partial charge < -0.3 is 14.6 Å². The van der Waals surface area contributed by atoms with Crippen LogP contribution >= 0.6 is 0 Å². The zero-order valence-electron chi connectivity index (χ0n) is 20.7. The summed E-state index contributed by atoms with van der Waals surface area (Å²) in [6.07, 6.45) is 2.12. The lowest BCUT2D eigenvalue weighted by atomic mass is 10.1. The Hall–Kier alpha value is -2.65. The summed E-state index contributed by atoms with van der Waals surface area (Å²) in [6.45, 7) is 11.8. The van der Waals surface area contributed by atoms with Crippen molar-refractivity contribution in [3.63, 3.8) is 0 Å². The minimum absolute atomic E-state index is 0.238. The van der Waals surface area contributed by atoms with E-state index in [1.54, 1.807) is 18.2 Å². The van der Waals surface area contributed by atoms with Gasteiger partial charge in [-0.3, -0.25) is 0 Å². The van der Waals surface area contributed by atoms with Gasteiger partial charge in [0.05, 0.1) is 12.8 Å². The third-order valence-electron chi connectivity index (χ3n) is 5.45. The first-order chi connectivity index (χ1) is 16.0. The average molecular weight is 505 g/mol. The largest absolute Gasteiger partial charge is 0.494 e. The summed E-state index contributed by atoms with van der Waals surface area (Å²) in [5, 5.41) is 10.5. The van der Waals surface area contributed by atoms with E-state index in [2.05, 4.69) is 33.5 Å². The summed E-state index contributed by atoms with van der Waals surface area (Å²) < 4.78 is 40.9. The second-order valence-corrected chi connectivity index (χ2v) is 17.5. The normalized spacial score (nSPS) is 15.5. The molecule has 1 heterocycles. The highest BCUT2D eigenvalue weighted by Crippen LogP contribution is 2.39. The van der Waals surface area contributed by atoms with Crippen molar-refractivity contribution in [1.82, 2.24) is 4.31 Å². The fourth-order valence-corrected chi connectivity index (χ4v) is 5.84. The van der Waals surface area contributed by atoms with Gasteiger partial charge in [0, 0.05) is 20.7 Å². The summed E-state index contributed by atoms with van der Waals surface area (Å²) in [5.74, 6) is 1.14. The molecule has 3 rings (SSSR count). The molecular weight excluding hydrogens is 468 g/mol. The average Bonchev–Trinajstić information content (AvgIpc) is 2.99. The molecule has 0 saturated heterocycles. The number of ether oxygens (including phenoxy) is 2. The van der Waals surface area contributed by atoms with Crippen LogP contribution in [0.4, 0.5) is 5.69 Å². The van der Waals surface area contributed by atoms with E-state index in [0.717, 1.165) is 26.6 Å². The van der Waals surface area contributed by atoms with E-state index in [4.69, 9.17) is 9.47 Å². The Labute approximate surface area is 204 Å². The van der Waals surface area contributed by atoms with Gasteiger partial charge in [-0.15, -0.1) is 0 Å². The predicted octanol–water partition coefficient (Wildman–Crippen LogP) is 5.75. The Morgan fingerprint density at radius 2 is 1.74 bits per heavy atom. The minimum Gasteiger partial charge on any atom is -0.494 e. The van der Waals surface area contributed by atoms with Crippen molar-refractivity contribution in [2.45, 2.75) is 52.6 Å². The third-order valence-corrected chi connectivity index (χ3v) is 8.90. The third kappa shape index (κ3) is 6.70. The fourth-order valence-electron chi connectivity index (χ4n) is 3.35. The van der Waals surface area contributed by atoms with Crippen molar-refractivity contribution < 1.29 is 23.0 Å². The molecule has 0 radical (unpaired) electrons. The number of nitrogens with zero attached hydrogens (tertiary/aromatic N) is 2. The molecule has 0 atom stereocenters. The number of aliphatic hydroxyl groups is 1. The van der Waals surface area contributed by atoms with E-state index < -0.39 is 18.3 Å². The SMILES string of the molecule is CC(C)CCOc1ccc(OCc2ccccc2)c(N2C=C(O)N(CC[Si](C)(C)C)S2(=O)=O)c1. The van der Waals surface area contributed by atoms with Gasteiger partial charge in [0.1, 0.15) is 23.8 Å². The maximum atomic E-state index is 13.4. The first-order valence-electron chi connectivity index (χ1n) is 11.6. The van der Waals surface area contributed by atoms with Crippen LogP contribution in [0.25, 0.3) is 0 Å². The van der Waals surface area contributed by atoms with Crippen molar-refractivity contribution in [3.8, 4) is 11.5 Å². The molecule has 1 aliphatic rings. The second kappa shape index (κ2) is 10.7. The molecule has 0 unspecified atom stereocenters. The van der Waals surface area contributed by atoms with E-state index in [1.165, 1.54) is 6.20 Å². The lowest BCUT2D eigenvalue weighted by molar-refractivity contribution is 0.286. The van der Waals surface area contributed by atoms with Gasteiger partial charge in [-0.25, -0.2) is 8.61 Å². The van der Waals surface area contributed by atoms with Crippen LogP contribution in [-0.2, 0) is 16.8 Å². The van der Waals surface area contributed by atoms with Gasteiger partial charge in [-0.05, 0) is 36.1 Å². The van der Waals surface area contributed by atoms with E-state index in [1.807, 2.05) is 30.3 Å². The Kier molecular flexibility index (Phi) is 8.20. The quantitative estimate of drug-likeness (QED) is 0.394. The monoisotopic (exact) mass is 504 g/mol. The number of benzene rings is 2. The highest BCUT2D eigenvalue weighted by Gasteiger charge is 2.39. The Balaban J connectivity index is 1.90. The highest BCUT2D eigenvalue weighted by molar-refractivity contribution is 7.91. The number of rotatable bonds is 11. The second-order valence-electron chi connectivity index (χ2n) is 10.1.